The normalized spacial score (nSPS) is 13.8. The standard InChI is InChI=1S/C16H16ClNO2S/c17-12-3-2-11(10-18)16(8-12)21-13-4-5-14-15(9-13)20-7-1-6-19-14/h2-5,8-9H,1,6-7,10,18H2. The Morgan fingerprint density at radius 3 is 2.67 bits per heavy atom. The van der Waals surface area contributed by atoms with Crippen LogP contribution in [-0.4, -0.2) is 13.2 Å². The molecule has 0 unspecified atom stereocenters. The molecule has 0 amide bonds. The van der Waals surface area contributed by atoms with E-state index in [2.05, 4.69) is 0 Å². The van der Waals surface area contributed by atoms with E-state index in [1.54, 1.807) is 11.8 Å². The van der Waals surface area contributed by atoms with Gasteiger partial charge >= 0.3 is 0 Å². The van der Waals surface area contributed by atoms with E-state index in [1.807, 2.05) is 36.4 Å². The molecule has 5 heteroatoms. The minimum atomic E-state index is 0.490. The highest BCUT2D eigenvalue weighted by atomic mass is 35.5. The lowest BCUT2D eigenvalue weighted by Gasteiger charge is -2.11. The summed E-state index contributed by atoms with van der Waals surface area (Å²) in [7, 11) is 0. The summed E-state index contributed by atoms with van der Waals surface area (Å²) in [5.41, 5.74) is 6.86. The van der Waals surface area contributed by atoms with Crippen molar-refractivity contribution >= 4 is 23.4 Å². The third-order valence-corrected chi connectivity index (χ3v) is 4.52. The Morgan fingerprint density at radius 1 is 1.05 bits per heavy atom. The SMILES string of the molecule is NCc1ccc(Cl)cc1Sc1ccc2c(c1)OCCCO2. The largest absolute Gasteiger partial charge is 0.490 e. The summed E-state index contributed by atoms with van der Waals surface area (Å²) >= 11 is 7.71. The summed E-state index contributed by atoms with van der Waals surface area (Å²) in [5.74, 6) is 1.61. The van der Waals surface area contributed by atoms with Crippen LogP contribution < -0.4 is 15.2 Å². The van der Waals surface area contributed by atoms with Crippen LogP contribution in [0.2, 0.25) is 5.02 Å². The van der Waals surface area contributed by atoms with E-state index in [0.29, 0.717) is 24.8 Å². The Bertz CT molecular complexity index is 648. The molecule has 2 aromatic rings. The molecular formula is C16H16ClNO2S. The predicted octanol–water partition coefficient (Wildman–Crippen LogP) is 4.11. The number of hydrogen-bond acceptors (Lipinski definition) is 4. The second-order valence-electron chi connectivity index (χ2n) is 4.72. The van der Waals surface area contributed by atoms with Gasteiger partial charge in [-0.15, -0.1) is 0 Å². The maximum Gasteiger partial charge on any atom is 0.162 e. The maximum absolute atomic E-state index is 6.08. The highest BCUT2D eigenvalue weighted by molar-refractivity contribution is 7.99. The zero-order chi connectivity index (χ0) is 14.7. The fourth-order valence-electron chi connectivity index (χ4n) is 2.13. The van der Waals surface area contributed by atoms with E-state index in [-0.39, 0.29) is 0 Å². The number of ether oxygens (including phenoxy) is 2. The molecule has 3 rings (SSSR count). The number of rotatable bonds is 3. The van der Waals surface area contributed by atoms with Gasteiger partial charge in [0, 0.05) is 27.8 Å². The molecule has 0 aliphatic carbocycles. The third kappa shape index (κ3) is 3.46. The molecule has 0 saturated heterocycles. The molecule has 0 aromatic heterocycles. The van der Waals surface area contributed by atoms with Crippen molar-refractivity contribution in [1.29, 1.82) is 0 Å². The first-order chi connectivity index (χ1) is 10.3. The topological polar surface area (TPSA) is 44.5 Å². The molecule has 0 bridgehead atoms. The summed E-state index contributed by atoms with van der Waals surface area (Å²) in [6.07, 6.45) is 0.906. The number of hydrogen-bond donors (Lipinski definition) is 1. The summed E-state index contributed by atoms with van der Waals surface area (Å²) in [6, 6.07) is 11.8. The Balaban J connectivity index is 1.88. The van der Waals surface area contributed by atoms with Crippen molar-refractivity contribution in [3.05, 3.63) is 47.0 Å². The van der Waals surface area contributed by atoms with Crippen LogP contribution in [0.4, 0.5) is 0 Å². The highest BCUT2D eigenvalue weighted by Gasteiger charge is 2.12. The van der Waals surface area contributed by atoms with Crippen molar-refractivity contribution in [3.63, 3.8) is 0 Å². The molecule has 0 radical (unpaired) electrons. The molecule has 1 aliphatic heterocycles. The van der Waals surface area contributed by atoms with Gasteiger partial charge in [-0.2, -0.15) is 0 Å². The van der Waals surface area contributed by atoms with Crippen LogP contribution in [0.5, 0.6) is 11.5 Å². The molecule has 2 aromatic carbocycles. The molecule has 0 atom stereocenters. The van der Waals surface area contributed by atoms with Gasteiger partial charge in [-0.25, -0.2) is 0 Å². The zero-order valence-electron chi connectivity index (χ0n) is 11.5. The molecule has 0 saturated carbocycles. The average Bonchev–Trinajstić information content (AvgIpc) is 2.72. The lowest BCUT2D eigenvalue weighted by atomic mass is 10.2. The van der Waals surface area contributed by atoms with Gasteiger partial charge in [0.15, 0.2) is 11.5 Å². The van der Waals surface area contributed by atoms with Gasteiger partial charge in [0.2, 0.25) is 0 Å². The highest BCUT2D eigenvalue weighted by Crippen LogP contribution is 2.38. The van der Waals surface area contributed by atoms with E-state index >= 15 is 0 Å². The minimum Gasteiger partial charge on any atom is -0.490 e. The molecule has 2 N–H and O–H groups in total. The van der Waals surface area contributed by atoms with Crippen molar-refractivity contribution < 1.29 is 9.47 Å². The lowest BCUT2D eigenvalue weighted by molar-refractivity contribution is 0.297. The van der Waals surface area contributed by atoms with Gasteiger partial charge in [0.25, 0.3) is 0 Å². The molecule has 1 heterocycles. The molecule has 0 spiro atoms. The van der Waals surface area contributed by atoms with Crippen LogP contribution in [0.25, 0.3) is 0 Å². The van der Waals surface area contributed by atoms with Crippen LogP contribution in [0.3, 0.4) is 0 Å². The predicted molar refractivity (Wildman–Crippen MR) is 85.5 cm³/mol. The van der Waals surface area contributed by atoms with Crippen LogP contribution in [-0.2, 0) is 6.54 Å². The number of nitrogens with two attached hydrogens (primary N) is 1. The first-order valence-corrected chi connectivity index (χ1v) is 8.02. The van der Waals surface area contributed by atoms with Crippen molar-refractivity contribution in [3.8, 4) is 11.5 Å². The first-order valence-electron chi connectivity index (χ1n) is 6.82. The minimum absolute atomic E-state index is 0.490. The van der Waals surface area contributed by atoms with Crippen LogP contribution in [0.15, 0.2) is 46.2 Å². The molecule has 1 aliphatic rings. The van der Waals surface area contributed by atoms with Gasteiger partial charge in [0.1, 0.15) is 0 Å². The maximum atomic E-state index is 6.08. The summed E-state index contributed by atoms with van der Waals surface area (Å²) in [4.78, 5) is 2.15. The summed E-state index contributed by atoms with van der Waals surface area (Å²) < 4.78 is 11.4. The van der Waals surface area contributed by atoms with Gasteiger partial charge in [0.05, 0.1) is 13.2 Å². The Morgan fingerprint density at radius 2 is 1.86 bits per heavy atom. The van der Waals surface area contributed by atoms with Crippen molar-refractivity contribution in [1.82, 2.24) is 0 Å². The second-order valence-corrected chi connectivity index (χ2v) is 6.27. The van der Waals surface area contributed by atoms with Gasteiger partial charge in [-0.1, -0.05) is 29.4 Å². The Kier molecular flexibility index (Phi) is 4.58. The summed E-state index contributed by atoms with van der Waals surface area (Å²) in [5, 5.41) is 0.712. The van der Waals surface area contributed by atoms with E-state index in [1.165, 1.54) is 0 Å². The van der Waals surface area contributed by atoms with Gasteiger partial charge in [-0.3, -0.25) is 0 Å². The van der Waals surface area contributed by atoms with E-state index in [4.69, 9.17) is 26.8 Å². The van der Waals surface area contributed by atoms with Crippen LogP contribution in [0, 0.1) is 0 Å². The second kappa shape index (κ2) is 6.60. The smallest absolute Gasteiger partial charge is 0.162 e. The van der Waals surface area contributed by atoms with Crippen LogP contribution >= 0.6 is 23.4 Å². The summed E-state index contributed by atoms with van der Waals surface area (Å²) in [6.45, 7) is 1.88. The van der Waals surface area contributed by atoms with Crippen LogP contribution in [0.1, 0.15) is 12.0 Å². The van der Waals surface area contributed by atoms with Crippen molar-refractivity contribution in [2.24, 2.45) is 5.73 Å². The molecule has 3 nitrogen and oxygen atoms in total. The number of benzene rings is 2. The molecule has 0 fully saturated rings. The van der Waals surface area contributed by atoms with E-state index in [0.717, 1.165) is 33.3 Å². The fraction of sp³-hybridized carbons (Fsp3) is 0.250. The first kappa shape index (κ1) is 14.6. The van der Waals surface area contributed by atoms with Gasteiger partial charge < -0.3 is 15.2 Å². The number of halogens is 1. The quantitative estimate of drug-likeness (QED) is 0.924. The lowest BCUT2D eigenvalue weighted by Crippen LogP contribution is -1.98. The zero-order valence-corrected chi connectivity index (χ0v) is 13.0. The third-order valence-electron chi connectivity index (χ3n) is 3.20. The Labute approximate surface area is 133 Å². The number of fused-ring (bicyclic) bond motifs is 1. The fourth-order valence-corrected chi connectivity index (χ4v) is 3.39. The molecular weight excluding hydrogens is 306 g/mol. The van der Waals surface area contributed by atoms with E-state index in [9.17, 15) is 0 Å². The van der Waals surface area contributed by atoms with E-state index < -0.39 is 0 Å². The monoisotopic (exact) mass is 321 g/mol. The van der Waals surface area contributed by atoms with Crippen molar-refractivity contribution in [2.45, 2.75) is 22.8 Å². The Hall–Kier alpha value is -1.36. The van der Waals surface area contributed by atoms with Crippen molar-refractivity contribution in [2.75, 3.05) is 13.2 Å². The average molecular weight is 322 g/mol. The van der Waals surface area contributed by atoms with Gasteiger partial charge in [-0.05, 0) is 35.9 Å². The molecule has 21 heavy (non-hydrogen) atoms. The molecule has 110 valence electrons.